The van der Waals surface area contributed by atoms with Gasteiger partial charge in [0, 0.05) is 20.2 Å². The van der Waals surface area contributed by atoms with Gasteiger partial charge in [-0.05, 0) is 90.7 Å². The van der Waals surface area contributed by atoms with E-state index in [1.165, 1.54) is 36.9 Å². The molecule has 114 valence electrons. The topological polar surface area (TPSA) is 41.8 Å². The van der Waals surface area contributed by atoms with Crippen LogP contribution < -0.4 is 5.73 Å². The first kappa shape index (κ1) is 15.6. The molecule has 2 aromatic carbocycles. The van der Waals surface area contributed by atoms with Crippen molar-refractivity contribution < 1.29 is 0 Å². The Hall–Kier alpha value is -1.33. The van der Waals surface area contributed by atoms with E-state index < -0.39 is 0 Å². The summed E-state index contributed by atoms with van der Waals surface area (Å²) in [5.74, 6) is 0. The first-order valence-corrected chi connectivity index (χ1v) is 8.84. The molecule has 0 atom stereocenters. The average molecular weight is 404 g/mol. The van der Waals surface area contributed by atoms with Gasteiger partial charge in [0.25, 0.3) is 0 Å². The van der Waals surface area contributed by atoms with Gasteiger partial charge in [-0.1, -0.05) is 23.8 Å². The number of aryl methyl sites for hydroxylation is 2. The highest BCUT2D eigenvalue weighted by atomic mass is 127. The molecule has 0 spiro atoms. The molecule has 0 saturated heterocycles. The lowest BCUT2D eigenvalue weighted by molar-refractivity contribution is 0.748. The number of hydrogen-bond acceptors (Lipinski definition) is 1. The Morgan fingerprint density at radius 1 is 1.09 bits per heavy atom. The van der Waals surface area contributed by atoms with Crippen molar-refractivity contribution in [3.63, 3.8) is 0 Å². The summed E-state index contributed by atoms with van der Waals surface area (Å²) in [4.78, 5) is 3.63. The van der Waals surface area contributed by atoms with Gasteiger partial charge in [-0.25, -0.2) is 0 Å². The van der Waals surface area contributed by atoms with Crippen LogP contribution in [-0.2, 0) is 6.42 Å². The lowest BCUT2D eigenvalue weighted by Gasteiger charge is -2.06. The van der Waals surface area contributed by atoms with Crippen molar-refractivity contribution >= 4 is 33.5 Å². The molecule has 0 saturated carbocycles. The van der Waals surface area contributed by atoms with E-state index in [4.69, 9.17) is 5.73 Å². The molecule has 0 aliphatic heterocycles. The highest BCUT2D eigenvalue weighted by molar-refractivity contribution is 14.1. The molecule has 0 bridgehead atoms. The Bertz CT molecular complexity index is 789. The zero-order valence-corrected chi connectivity index (χ0v) is 15.0. The Labute approximate surface area is 145 Å². The van der Waals surface area contributed by atoms with Gasteiger partial charge in [0.05, 0.1) is 0 Å². The lowest BCUT2D eigenvalue weighted by Crippen LogP contribution is -1.99. The van der Waals surface area contributed by atoms with Crippen molar-refractivity contribution in [2.75, 3.05) is 6.54 Å². The van der Waals surface area contributed by atoms with Gasteiger partial charge in [-0.2, -0.15) is 0 Å². The van der Waals surface area contributed by atoms with Crippen LogP contribution in [0.2, 0.25) is 0 Å². The molecule has 0 radical (unpaired) electrons. The molecular formula is C19H21IN2. The number of nitrogens with two attached hydrogens (primary N) is 1. The number of hydrogen-bond donors (Lipinski definition) is 2. The van der Waals surface area contributed by atoms with Crippen LogP contribution in [0.3, 0.4) is 0 Å². The van der Waals surface area contributed by atoms with Gasteiger partial charge in [-0.15, -0.1) is 0 Å². The number of H-pyrrole nitrogens is 1. The molecule has 1 aromatic heterocycles. The number of aromatic nitrogens is 1. The zero-order chi connectivity index (χ0) is 15.5. The lowest BCUT2D eigenvalue weighted by atomic mass is 9.99. The van der Waals surface area contributed by atoms with E-state index in [0.717, 1.165) is 25.8 Å². The highest BCUT2D eigenvalue weighted by Gasteiger charge is 2.13. The fourth-order valence-electron chi connectivity index (χ4n) is 2.97. The molecule has 3 N–H and O–H groups in total. The van der Waals surface area contributed by atoms with E-state index in [-0.39, 0.29) is 0 Å². The molecule has 22 heavy (non-hydrogen) atoms. The van der Waals surface area contributed by atoms with Crippen molar-refractivity contribution in [2.24, 2.45) is 5.73 Å². The van der Waals surface area contributed by atoms with Crippen LogP contribution in [0.1, 0.15) is 24.0 Å². The number of nitrogens with one attached hydrogen (secondary N) is 1. The predicted molar refractivity (Wildman–Crippen MR) is 103 cm³/mol. The molecule has 3 aromatic rings. The number of unbranched alkanes of at least 4 members (excludes halogenated alkanes) is 1. The van der Waals surface area contributed by atoms with Crippen molar-refractivity contribution in [1.82, 2.24) is 4.98 Å². The molecule has 3 heteroatoms. The molecule has 0 fully saturated rings. The zero-order valence-electron chi connectivity index (χ0n) is 12.8. The Morgan fingerprint density at radius 3 is 2.73 bits per heavy atom. The van der Waals surface area contributed by atoms with Gasteiger partial charge in [0.2, 0.25) is 0 Å². The van der Waals surface area contributed by atoms with Gasteiger partial charge < -0.3 is 10.7 Å². The standard InChI is InChI=1S/C19H21IN2/c1-13-5-4-6-14(11-13)19-16(7-2-3-10-21)17-12-15(20)8-9-18(17)22-19/h4-6,8-9,11-12,22H,2-3,7,10,21H2,1H3. The molecule has 0 aliphatic carbocycles. The molecule has 1 heterocycles. The molecule has 0 unspecified atom stereocenters. The fourth-order valence-corrected chi connectivity index (χ4v) is 3.46. The van der Waals surface area contributed by atoms with Crippen LogP contribution in [0, 0.1) is 10.5 Å². The van der Waals surface area contributed by atoms with E-state index in [0.29, 0.717) is 0 Å². The normalized spacial score (nSPS) is 11.2. The van der Waals surface area contributed by atoms with Crippen LogP contribution in [0.5, 0.6) is 0 Å². The summed E-state index contributed by atoms with van der Waals surface area (Å²) in [7, 11) is 0. The number of rotatable bonds is 5. The van der Waals surface area contributed by atoms with E-state index in [9.17, 15) is 0 Å². The number of fused-ring (bicyclic) bond motifs is 1. The Morgan fingerprint density at radius 2 is 1.95 bits per heavy atom. The largest absolute Gasteiger partial charge is 0.354 e. The highest BCUT2D eigenvalue weighted by Crippen LogP contribution is 2.32. The van der Waals surface area contributed by atoms with Crippen LogP contribution in [0.25, 0.3) is 22.2 Å². The quantitative estimate of drug-likeness (QED) is 0.455. The predicted octanol–water partition coefficient (Wildman–Crippen LogP) is 5.03. The maximum absolute atomic E-state index is 5.66. The van der Waals surface area contributed by atoms with Crippen molar-refractivity contribution in [2.45, 2.75) is 26.2 Å². The number of halogens is 1. The maximum atomic E-state index is 5.66. The summed E-state index contributed by atoms with van der Waals surface area (Å²) in [6.45, 7) is 2.91. The monoisotopic (exact) mass is 404 g/mol. The average Bonchev–Trinajstić information content (AvgIpc) is 2.86. The van der Waals surface area contributed by atoms with Gasteiger partial charge in [0.1, 0.15) is 0 Å². The summed E-state index contributed by atoms with van der Waals surface area (Å²) in [6, 6.07) is 15.3. The summed E-state index contributed by atoms with van der Waals surface area (Å²) in [5.41, 5.74) is 12.1. The van der Waals surface area contributed by atoms with E-state index in [1.807, 2.05) is 0 Å². The second-order valence-electron chi connectivity index (χ2n) is 5.78. The maximum Gasteiger partial charge on any atom is 0.0497 e. The Kier molecular flexibility index (Phi) is 4.84. The molecular weight excluding hydrogens is 383 g/mol. The molecule has 3 rings (SSSR count). The van der Waals surface area contributed by atoms with Gasteiger partial charge in [0.15, 0.2) is 0 Å². The van der Waals surface area contributed by atoms with E-state index in [2.05, 4.69) is 77.0 Å². The van der Waals surface area contributed by atoms with E-state index in [1.54, 1.807) is 0 Å². The first-order chi connectivity index (χ1) is 10.7. The Balaban J connectivity index is 2.13. The smallest absolute Gasteiger partial charge is 0.0497 e. The summed E-state index contributed by atoms with van der Waals surface area (Å²) >= 11 is 2.39. The second-order valence-corrected chi connectivity index (χ2v) is 7.03. The molecule has 2 nitrogen and oxygen atoms in total. The number of aromatic amines is 1. The first-order valence-electron chi connectivity index (χ1n) is 7.76. The second kappa shape index (κ2) is 6.84. The minimum Gasteiger partial charge on any atom is -0.354 e. The van der Waals surface area contributed by atoms with Gasteiger partial charge >= 0.3 is 0 Å². The third kappa shape index (κ3) is 3.20. The van der Waals surface area contributed by atoms with Gasteiger partial charge in [-0.3, -0.25) is 0 Å². The third-order valence-electron chi connectivity index (χ3n) is 4.06. The fraction of sp³-hybridized carbons (Fsp3) is 0.263. The van der Waals surface area contributed by atoms with Crippen molar-refractivity contribution in [3.05, 3.63) is 57.2 Å². The summed E-state index contributed by atoms with van der Waals surface area (Å²) in [6.07, 6.45) is 3.28. The third-order valence-corrected chi connectivity index (χ3v) is 4.73. The molecule has 0 amide bonds. The minimum absolute atomic E-state index is 0.764. The molecule has 0 aliphatic rings. The SMILES string of the molecule is Cc1cccc(-c2[nH]c3ccc(I)cc3c2CCCCN)c1. The van der Waals surface area contributed by atoms with Crippen LogP contribution in [0.15, 0.2) is 42.5 Å². The van der Waals surface area contributed by atoms with Crippen molar-refractivity contribution in [1.29, 1.82) is 0 Å². The van der Waals surface area contributed by atoms with Crippen LogP contribution >= 0.6 is 22.6 Å². The van der Waals surface area contributed by atoms with Crippen molar-refractivity contribution in [3.8, 4) is 11.3 Å². The minimum atomic E-state index is 0.764. The summed E-state index contributed by atoms with van der Waals surface area (Å²) < 4.78 is 1.28. The van der Waals surface area contributed by atoms with Crippen LogP contribution in [0.4, 0.5) is 0 Å². The van der Waals surface area contributed by atoms with Crippen LogP contribution in [-0.4, -0.2) is 11.5 Å². The van der Waals surface area contributed by atoms with E-state index >= 15 is 0 Å². The summed E-state index contributed by atoms with van der Waals surface area (Å²) in [5, 5.41) is 1.35. The number of benzene rings is 2.